The zero-order valence-corrected chi connectivity index (χ0v) is 16.2. The Hall–Kier alpha value is -2.86. The van der Waals surface area contributed by atoms with Gasteiger partial charge in [-0.15, -0.1) is 0 Å². The quantitative estimate of drug-likeness (QED) is 0.751. The van der Waals surface area contributed by atoms with E-state index in [-0.39, 0.29) is 6.03 Å². The van der Waals surface area contributed by atoms with Crippen molar-refractivity contribution in [2.24, 2.45) is 0 Å². The fourth-order valence-corrected chi connectivity index (χ4v) is 3.70. The molecular weight excluding hydrogens is 352 g/mol. The van der Waals surface area contributed by atoms with E-state index < -0.39 is 0 Å². The van der Waals surface area contributed by atoms with Gasteiger partial charge in [0.05, 0.1) is 6.54 Å². The number of hydrogen-bond acceptors (Lipinski definition) is 4. The molecule has 0 saturated carbocycles. The molecule has 0 spiro atoms. The van der Waals surface area contributed by atoms with Crippen LogP contribution in [0.3, 0.4) is 0 Å². The Morgan fingerprint density at radius 2 is 2.07 bits per heavy atom. The van der Waals surface area contributed by atoms with Crippen LogP contribution in [-0.2, 0) is 6.54 Å². The third-order valence-electron chi connectivity index (χ3n) is 5.15. The summed E-state index contributed by atoms with van der Waals surface area (Å²) in [5.41, 5.74) is 3.15. The lowest BCUT2D eigenvalue weighted by atomic mass is 10.1. The number of amides is 2. The molecule has 1 fully saturated rings. The summed E-state index contributed by atoms with van der Waals surface area (Å²) >= 11 is 0. The molecule has 1 saturated heterocycles. The molecule has 4 rings (SSSR count). The van der Waals surface area contributed by atoms with Gasteiger partial charge in [-0.05, 0) is 43.2 Å². The van der Waals surface area contributed by atoms with Crippen molar-refractivity contribution in [1.82, 2.24) is 20.1 Å². The van der Waals surface area contributed by atoms with Crippen LogP contribution >= 0.6 is 0 Å². The third-order valence-corrected chi connectivity index (χ3v) is 5.15. The number of rotatable bonds is 4. The van der Waals surface area contributed by atoms with Crippen molar-refractivity contribution < 1.29 is 9.21 Å². The summed E-state index contributed by atoms with van der Waals surface area (Å²) in [5, 5.41) is 4.00. The van der Waals surface area contributed by atoms with Crippen LogP contribution in [0.5, 0.6) is 0 Å². The third kappa shape index (κ3) is 4.17. The second-order valence-electron chi connectivity index (χ2n) is 7.16. The number of urea groups is 1. The highest BCUT2D eigenvalue weighted by Gasteiger charge is 2.19. The second-order valence-corrected chi connectivity index (χ2v) is 7.16. The Morgan fingerprint density at radius 3 is 2.89 bits per heavy atom. The highest BCUT2D eigenvalue weighted by atomic mass is 16.3. The van der Waals surface area contributed by atoms with Crippen molar-refractivity contribution in [2.45, 2.75) is 19.9 Å². The molecule has 0 aliphatic carbocycles. The summed E-state index contributed by atoms with van der Waals surface area (Å²) in [6, 6.07) is 12.4. The molecule has 1 aliphatic rings. The molecule has 0 radical (unpaired) electrons. The first-order valence-electron chi connectivity index (χ1n) is 9.91. The van der Waals surface area contributed by atoms with E-state index >= 15 is 0 Å². The number of aromatic nitrogens is 1. The maximum atomic E-state index is 12.1. The predicted octanol–water partition coefficient (Wildman–Crippen LogP) is 3.73. The molecule has 2 aromatic heterocycles. The highest BCUT2D eigenvalue weighted by Crippen LogP contribution is 2.27. The van der Waals surface area contributed by atoms with Gasteiger partial charge in [0, 0.05) is 56.1 Å². The van der Waals surface area contributed by atoms with Gasteiger partial charge in [-0.25, -0.2) is 4.79 Å². The zero-order chi connectivity index (χ0) is 19.3. The fraction of sp³-hybridized carbons (Fsp3) is 0.364. The molecule has 1 aromatic carbocycles. The Balaban J connectivity index is 1.44. The standard InChI is InChI=1S/C22H26N4O2/c1-2-24-22(27)26-10-4-9-25(11-12-26)16-20-14-19-13-17(6-7-21(19)28-20)18-5-3-8-23-15-18/h3,5-8,13-15H,2,4,9-12,16H2,1H3,(H,24,27). The van der Waals surface area contributed by atoms with Gasteiger partial charge in [0.25, 0.3) is 0 Å². The molecular formula is C22H26N4O2. The summed E-state index contributed by atoms with van der Waals surface area (Å²) in [7, 11) is 0. The van der Waals surface area contributed by atoms with Crippen molar-refractivity contribution in [2.75, 3.05) is 32.7 Å². The van der Waals surface area contributed by atoms with E-state index in [1.165, 1.54) is 0 Å². The molecule has 6 nitrogen and oxygen atoms in total. The largest absolute Gasteiger partial charge is 0.460 e. The normalized spacial score (nSPS) is 15.5. The van der Waals surface area contributed by atoms with Crippen LogP contribution in [0.4, 0.5) is 4.79 Å². The molecule has 2 amide bonds. The number of nitrogens with one attached hydrogen (secondary N) is 1. The van der Waals surface area contributed by atoms with Gasteiger partial charge < -0.3 is 14.6 Å². The zero-order valence-electron chi connectivity index (χ0n) is 16.2. The Labute approximate surface area is 165 Å². The minimum absolute atomic E-state index is 0.0380. The van der Waals surface area contributed by atoms with Gasteiger partial charge in [0.2, 0.25) is 0 Å². The highest BCUT2D eigenvalue weighted by molar-refractivity contribution is 5.84. The minimum atomic E-state index is 0.0380. The maximum Gasteiger partial charge on any atom is 0.317 e. The van der Waals surface area contributed by atoms with Gasteiger partial charge in [0.15, 0.2) is 0 Å². The molecule has 1 N–H and O–H groups in total. The van der Waals surface area contributed by atoms with Crippen LogP contribution in [-0.4, -0.2) is 53.5 Å². The summed E-state index contributed by atoms with van der Waals surface area (Å²) in [6.07, 6.45) is 4.63. The lowest BCUT2D eigenvalue weighted by Crippen LogP contribution is -2.41. The first-order valence-corrected chi connectivity index (χ1v) is 9.91. The van der Waals surface area contributed by atoms with Crippen LogP contribution in [0.1, 0.15) is 19.1 Å². The summed E-state index contributed by atoms with van der Waals surface area (Å²) in [4.78, 5) is 20.5. The SMILES string of the molecule is CCNC(=O)N1CCCN(Cc2cc3cc(-c4cccnc4)ccc3o2)CC1. The molecule has 0 unspecified atom stereocenters. The molecule has 0 bridgehead atoms. The van der Waals surface area contributed by atoms with Crippen LogP contribution in [0.25, 0.3) is 22.1 Å². The van der Waals surface area contributed by atoms with Crippen molar-refractivity contribution in [3.8, 4) is 11.1 Å². The minimum Gasteiger partial charge on any atom is -0.460 e. The van der Waals surface area contributed by atoms with Crippen LogP contribution in [0.15, 0.2) is 53.2 Å². The van der Waals surface area contributed by atoms with E-state index in [0.717, 1.165) is 67.0 Å². The molecule has 6 heteroatoms. The van der Waals surface area contributed by atoms with E-state index in [1.807, 2.05) is 30.2 Å². The Bertz CT molecular complexity index is 938. The Morgan fingerprint density at radius 1 is 1.14 bits per heavy atom. The van der Waals surface area contributed by atoms with Crippen LogP contribution in [0.2, 0.25) is 0 Å². The second kappa shape index (κ2) is 8.44. The van der Waals surface area contributed by atoms with E-state index in [9.17, 15) is 4.79 Å². The number of carbonyl (C=O) groups excluding carboxylic acids is 1. The van der Waals surface area contributed by atoms with E-state index in [2.05, 4.69) is 39.5 Å². The molecule has 1 aliphatic heterocycles. The molecule has 28 heavy (non-hydrogen) atoms. The number of furan rings is 1. The maximum absolute atomic E-state index is 12.1. The molecule has 3 heterocycles. The number of nitrogens with zero attached hydrogens (tertiary/aromatic N) is 3. The van der Waals surface area contributed by atoms with Crippen LogP contribution in [0, 0.1) is 0 Å². The lowest BCUT2D eigenvalue weighted by molar-refractivity contribution is 0.197. The van der Waals surface area contributed by atoms with Crippen molar-refractivity contribution in [1.29, 1.82) is 0 Å². The first-order chi connectivity index (χ1) is 13.7. The monoisotopic (exact) mass is 378 g/mol. The lowest BCUT2D eigenvalue weighted by Gasteiger charge is -2.21. The summed E-state index contributed by atoms with van der Waals surface area (Å²) in [6.45, 7) is 6.75. The number of fused-ring (bicyclic) bond motifs is 1. The van der Waals surface area contributed by atoms with Crippen molar-refractivity contribution >= 4 is 17.0 Å². The average Bonchev–Trinajstić information content (AvgIpc) is 2.97. The number of carbonyl (C=O) groups is 1. The predicted molar refractivity (Wildman–Crippen MR) is 110 cm³/mol. The smallest absolute Gasteiger partial charge is 0.317 e. The molecule has 146 valence electrons. The topological polar surface area (TPSA) is 61.6 Å². The first kappa shape index (κ1) is 18.5. The fourth-order valence-electron chi connectivity index (χ4n) is 3.70. The van der Waals surface area contributed by atoms with Gasteiger partial charge in [-0.1, -0.05) is 12.1 Å². The summed E-state index contributed by atoms with van der Waals surface area (Å²) in [5.74, 6) is 0.963. The van der Waals surface area contributed by atoms with Gasteiger partial charge >= 0.3 is 6.03 Å². The van der Waals surface area contributed by atoms with E-state index in [0.29, 0.717) is 6.54 Å². The van der Waals surface area contributed by atoms with Gasteiger partial charge in [-0.3, -0.25) is 9.88 Å². The molecule has 0 atom stereocenters. The van der Waals surface area contributed by atoms with Crippen molar-refractivity contribution in [3.05, 3.63) is 54.6 Å². The van der Waals surface area contributed by atoms with Gasteiger partial charge in [-0.2, -0.15) is 0 Å². The Kier molecular flexibility index (Phi) is 5.58. The number of pyridine rings is 1. The van der Waals surface area contributed by atoms with Gasteiger partial charge in [0.1, 0.15) is 11.3 Å². The van der Waals surface area contributed by atoms with Crippen LogP contribution < -0.4 is 5.32 Å². The van der Waals surface area contributed by atoms with Crippen molar-refractivity contribution in [3.63, 3.8) is 0 Å². The average molecular weight is 378 g/mol. The number of hydrogen-bond donors (Lipinski definition) is 1. The number of benzene rings is 1. The molecule has 3 aromatic rings. The van der Waals surface area contributed by atoms with E-state index in [4.69, 9.17) is 4.42 Å². The van der Waals surface area contributed by atoms with E-state index in [1.54, 1.807) is 6.20 Å². The summed E-state index contributed by atoms with van der Waals surface area (Å²) < 4.78 is 6.07.